The molecule has 1 aliphatic heterocycles. The molecule has 24 heavy (non-hydrogen) atoms. The Morgan fingerprint density at radius 3 is 2.33 bits per heavy atom. The average Bonchev–Trinajstić information content (AvgIpc) is 2.63. The van der Waals surface area contributed by atoms with Crippen LogP contribution in [0.1, 0.15) is 79.1 Å². The molecule has 0 radical (unpaired) electrons. The normalized spacial score (nSPS) is 26.4. The van der Waals surface area contributed by atoms with E-state index in [2.05, 4.69) is 56.9 Å². The van der Waals surface area contributed by atoms with Gasteiger partial charge in [0.05, 0.1) is 0 Å². The monoisotopic (exact) mass is 331 g/mol. The van der Waals surface area contributed by atoms with Crippen LogP contribution in [0, 0.1) is 23.2 Å². The molecule has 1 saturated heterocycles. The van der Waals surface area contributed by atoms with Gasteiger partial charge in [-0.1, -0.05) is 64.8 Å². The second-order valence-electron chi connectivity index (χ2n) is 8.73. The van der Waals surface area contributed by atoms with Crippen molar-refractivity contribution < 1.29 is 0 Å². The quantitative estimate of drug-likeness (QED) is 0.468. The molecule has 0 bridgehead atoms. The van der Waals surface area contributed by atoms with Gasteiger partial charge in [0.15, 0.2) is 0 Å². The van der Waals surface area contributed by atoms with Crippen molar-refractivity contribution in [2.45, 2.75) is 79.1 Å². The van der Waals surface area contributed by atoms with Crippen molar-refractivity contribution in [2.75, 3.05) is 19.6 Å². The van der Waals surface area contributed by atoms with E-state index in [0.29, 0.717) is 5.41 Å². The summed E-state index contributed by atoms with van der Waals surface area (Å²) in [4.78, 5) is 2.75. The summed E-state index contributed by atoms with van der Waals surface area (Å²) in [5.41, 5.74) is 0.559. The maximum atomic E-state index is 2.75. The predicted octanol–water partition coefficient (Wildman–Crippen LogP) is 6.46. The first-order chi connectivity index (χ1) is 11.6. The Kier molecular flexibility index (Phi) is 8.07. The van der Waals surface area contributed by atoms with E-state index in [-0.39, 0.29) is 0 Å². The Balaban J connectivity index is 1.89. The number of hydrogen-bond acceptors (Lipinski definition) is 1. The van der Waals surface area contributed by atoms with Gasteiger partial charge in [0.2, 0.25) is 0 Å². The third kappa shape index (κ3) is 5.48. The second-order valence-corrected chi connectivity index (χ2v) is 8.73. The van der Waals surface area contributed by atoms with Crippen molar-refractivity contribution >= 4 is 0 Å². The Hall–Kier alpha value is -0.560. The lowest BCUT2D eigenvalue weighted by molar-refractivity contribution is 0.0428. The van der Waals surface area contributed by atoms with Gasteiger partial charge in [-0.15, -0.1) is 0 Å². The smallest absolute Gasteiger partial charge is 0.00132 e. The molecule has 0 amide bonds. The van der Waals surface area contributed by atoms with E-state index < -0.39 is 0 Å². The van der Waals surface area contributed by atoms with E-state index in [1.54, 1.807) is 0 Å². The molecule has 0 aromatic carbocycles. The fourth-order valence-electron chi connectivity index (χ4n) is 4.69. The Morgan fingerprint density at radius 1 is 1.04 bits per heavy atom. The predicted molar refractivity (Wildman–Crippen MR) is 107 cm³/mol. The molecule has 1 heteroatoms. The van der Waals surface area contributed by atoms with E-state index in [0.717, 1.165) is 17.8 Å². The van der Waals surface area contributed by atoms with Crippen LogP contribution in [-0.2, 0) is 0 Å². The summed E-state index contributed by atoms with van der Waals surface area (Å²) in [5.74, 6) is 2.54. The third-order valence-corrected chi connectivity index (χ3v) is 6.94. The largest absolute Gasteiger partial charge is 0.303 e. The van der Waals surface area contributed by atoms with Crippen LogP contribution in [0.3, 0.4) is 0 Å². The minimum atomic E-state index is 0.559. The lowest BCUT2D eigenvalue weighted by Gasteiger charge is -2.47. The highest BCUT2D eigenvalue weighted by atomic mass is 15.1. The maximum Gasteiger partial charge on any atom is -0.00132 e. The minimum absolute atomic E-state index is 0.559. The fourth-order valence-corrected chi connectivity index (χ4v) is 4.69. The zero-order valence-corrected chi connectivity index (χ0v) is 16.8. The topological polar surface area (TPSA) is 3.24 Å². The van der Waals surface area contributed by atoms with Gasteiger partial charge in [-0.25, -0.2) is 0 Å². The van der Waals surface area contributed by atoms with Gasteiger partial charge in [-0.2, -0.15) is 0 Å². The van der Waals surface area contributed by atoms with Gasteiger partial charge in [-0.3, -0.25) is 0 Å². The molecule has 2 aliphatic rings. The summed E-state index contributed by atoms with van der Waals surface area (Å²) in [6.45, 7) is 13.5. The summed E-state index contributed by atoms with van der Waals surface area (Å²) in [6.07, 6.45) is 20.4. The number of likely N-dealkylation sites (tertiary alicyclic amines) is 1. The molecule has 1 heterocycles. The molecule has 3 atom stereocenters. The number of rotatable bonds is 9. The summed E-state index contributed by atoms with van der Waals surface area (Å²) in [6, 6.07) is 0. The van der Waals surface area contributed by atoms with Crippen LogP contribution in [0.25, 0.3) is 0 Å². The second kappa shape index (κ2) is 9.80. The van der Waals surface area contributed by atoms with Crippen LogP contribution in [0.2, 0.25) is 0 Å². The average molecular weight is 332 g/mol. The van der Waals surface area contributed by atoms with Crippen LogP contribution in [0.4, 0.5) is 0 Å². The van der Waals surface area contributed by atoms with E-state index in [9.17, 15) is 0 Å². The molecule has 0 aromatic heterocycles. The molecular weight excluding hydrogens is 290 g/mol. The lowest BCUT2D eigenvalue weighted by Crippen LogP contribution is -2.44. The Morgan fingerprint density at radius 2 is 1.75 bits per heavy atom. The highest BCUT2D eigenvalue weighted by Crippen LogP contribution is 2.47. The van der Waals surface area contributed by atoms with Crippen molar-refractivity contribution in [3.8, 4) is 0 Å². The first-order valence-corrected chi connectivity index (χ1v) is 10.6. The standard InChI is InChI=1S/C23H41N/c1-5-20(3)11-10-16-24-17-14-23(15-18-24,19-21(4)6-2)22-12-8-7-9-13-22/h7-9,12,20-22H,5-6,10-11,13-19H2,1-4H3. The Labute approximate surface area is 151 Å². The maximum absolute atomic E-state index is 2.75. The molecule has 0 saturated carbocycles. The van der Waals surface area contributed by atoms with Crippen LogP contribution in [0.5, 0.6) is 0 Å². The molecule has 1 fully saturated rings. The van der Waals surface area contributed by atoms with E-state index in [4.69, 9.17) is 0 Å². The van der Waals surface area contributed by atoms with Crippen LogP contribution < -0.4 is 0 Å². The summed E-state index contributed by atoms with van der Waals surface area (Å²) in [7, 11) is 0. The van der Waals surface area contributed by atoms with Crippen LogP contribution >= 0.6 is 0 Å². The highest BCUT2D eigenvalue weighted by molar-refractivity contribution is 5.15. The minimum Gasteiger partial charge on any atom is -0.303 e. The third-order valence-electron chi connectivity index (χ3n) is 6.94. The van der Waals surface area contributed by atoms with Crippen molar-refractivity contribution in [3.63, 3.8) is 0 Å². The first kappa shape index (κ1) is 19.8. The van der Waals surface area contributed by atoms with E-state index >= 15 is 0 Å². The van der Waals surface area contributed by atoms with Crippen molar-refractivity contribution in [2.24, 2.45) is 23.2 Å². The lowest BCUT2D eigenvalue weighted by atomic mass is 9.62. The van der Waals surface area contributed by atoms with Crippen LogP contribution in [0.15, 0.2) is 24.3 Å². The fraction of sp³-hybridized carbons (Fsp3) is 0.826. The highest BCUT2D eigenvalue weighted by Gasteiger charge is 2.40. The van der Waals surface area contributed by atoms with Gasteiger partial charge in [0, 0.05) is 0 Å². The van der Waals surface area contributed by atoms with Gasteiger partial charge < -0.3 is 4.90 Å². The molecule has 0 spiro atoms. The summed E-state index contributed by atoms with van der Waals surface area (Å²) < 4.78 is 0. The number of piperidine rings is 1. The molecular formula is C23H41N. The zero-order valence-electron chi connectivity index (χ0n) is 16.8. The molecule has 3 unspecified atom stereocenters. The SMILES string of the molecule is CCC(C)CCCN1CCC(CC(C)CC)(C2C=CC=CC2)CC1. The molecule has 0 N–H and O–H groups in total. The number of hydrogen-bond donors (Lipinski definition) is 0. The molecule has 1 aliphatic carbocycles. The summed E-state index contributed by atoms with van der Waals surface area (Å²) in [5, 5.41) is 0. The van der Waals surface area contributed by atoms with Gasteiger partial charge >= 0.3 is 0 Å². The van der Waals surface area contributed by atoms with Crippen LogP contribution in [-0.4, -0.2) is 24.5 Å². The van der Waals surface area contributed by atoms with Gasteiger partial charge in [-0.05, 0) is 81.3 Å². The number of allylic oxidation sites excluding steroid dienone is 4. The van der Waals surface area contributed by atoms with Crippen molar-refractivity contribution in [1.29, 1.82) is 0 Å². The Bertz CT molecular complexity index is 400. The zero-order chi connectivity index (χ0) is 17.4. The van der Waals surface area contributed by atoms with Crippen molar-refractivity contribution in [1.82, 2.24) is 4.90 Å². The molecule has 138 valence electrons. The van der Waals surface area contributed by atoms with Gasteiger partial charge in [0.1, 0.15) is 0 Å². The molecule has 1 nitrogen and oxygen atoms in total. The first-order valence-electron chi connectivity index (χ1n) is 10.6. The van der Waals surface area contributed by atoms with Crippen molar-refractivity contribution in [3.05, 3.63) is 24.3 Å². The molecule has 2 rings (SSSR count). The number of nitrogens with zero attached hydrogens (tertiary/aromatic N) is 1. The van der Waals surface area contributed by atoms with Gasteiger partial charge in [0.25, 0.3) is 0 Å². The summed E-state index contributed by atoms with van der Waals surface area (Å²) >= 11 is 0. The molecule has 0 aromatic rings. The van der Waals surface area contributed by atoms with E-state index in [1.165, 1.54) is 71.0 Å². The van der Waals surface area contributed by atoms with E-state index in [1.807, 2.05) is 0 Å².